The van der Waals surface area contributed by atoms with Crippen molar-refractivity contribution in [2.24, 2.45) is 0 Å². The molecule has 96 valence electrons. The molecule has 0 radical (unpaired) electrons. The number of H-pyrrole nitrogens is 1. The van der Waals surface area contributed by atoms with Gasteiger partial charge in [-0.2, -0.15) is 5.10 Å². The van der Waals surface area contributed by atoms with Crippen molar-refractivity contribution in [3.8, 4) is 0 Å². The number of nitrogens with one attached hydrogen (secondary N) is 1. The van der Waals surface area contributed by atoms with E-state index in [1.807, 2.05) is 6.07 Å². The van der Waals surface area contributed by atoms with E-state index in [0.717, 1.165) is 29.9 Å². The quantitative estimate of drug-likeness (QED) is 0.871. The van der Waals surface area contributed by atoms with Gasteiger partial charge < -0.3 is 9.80 Å². The fraction of sp³-hybridized carbons (Fsp3) is 0.538. The molecule has 18 heavy (non-hydrogen) atoms. The van der Waals surface area contributed by atoms with E-state index in [0.29, 0.717) is 6.04 Å². The Labute approximate surface area is 107 Å². The van der Waals surface area contributed by atoms with Crippen molar-refractivity contribution in [3.05, 3.63) is 18.3 Å². The molecular weight excluding hydrogens is 226 g/mol. The van der Waals surface area contributed by atoms with Crippen LogP contribution in [0.25, 0.3) is 11.0 Å². The van der Waals surface area contributed by atoms with Gasteiger partial charge in [-0.25, -0.2) is 4.98 Å². The van der Waals surface area contributed by atoms with Crippen molar-refractivity contribution in [2.45, 2.75) is 18.9 Å². The van der Waals surface area contributed by atoms with Crippen molar-refractivity contribution in [1.29, 1.82) is 0 Å². The SMILES string of the molecule is CN(C)C1CCN(c2n[nH]c3ncccc23)CC1. The van der Waals surface area contributed by atoms with Crippen molar-refractivity contribution >= 4 is 16.9 Å². The van der Waals surface area contributed by atoms with Gasteiger partial charge >= 0.3 is 0 Å². The standard InChI is InChI=1S/C13H19N5/c1-17(2)10-5-8-18(9-6-10)13-11-4-3-7-14-12(11)15-16-13/h3-4,7,10H,5-6,8-9H2,1-2H3,(H,14,15,16). The second-order valence-corrected chi connectivity index (χ2v) is 5.13. The first-order chi connectivity index (χ1) is 8.75. The van der Waals surface area contributed by atoms with Crippen LogP contribution in [0.5, 0.6) is 0 Å². The van der Waals surface area contributed by atoms with Crippen LogP contribution in [-0.2, 0) is 0 Å². The first kappa shape index (κ1) is 11.5. The molecule has 5 heteroatoms. The van der Waals surface area contributed by atoms with Crippen LogP contribution in [0.1, 0.15) is 12.8 Å². The predicted octanol–water partition coefficient (Wildman–Crippen LogP) is 1.49. The lowest BCUT2D eigenvalue weighted by Crippen LogP contribution is -2.42. The van der Waals surface area contributed by atoms with Crippen LogP contribution in [0.15, 0.2) is 18.3 Å². The molecule has 3 heterocycles. The number of piperidine rings is 1. The summed E-state index contributed by atoms with van der Waals surface area (Å²) >= 11 is 0. The summed E-state index contributed by atoms with van der Waals surface area (Å²) in [7, 11) is 4.32. The van der Waals surface area contributed by atoms with E-state index in [1.165, 1.54) is 12.8 Å². The van der Waals surface area contributed by atoms with E-state index in [2.05, 4.69) is 45.1 Å². The second-order valence-electron chi connectivity index (χ2n) is 5.13. The van der Waals surface area contributed by atoms with Crippen LogP contribution >= 0.6 is 0 Å². The minimum absolute atomic E-state index is 0.699. The van der Waals surface area contributed by atoms with Crippen LogP contribution in [0.3, 0.4) is 0 Å². The maximum atomic E-state index is 4.41. The van der Waals surface area contributed by atoms with Crippen LogP contribution in [0.2, 0.25) is 0 Å². The zero-order valence-electron chi connectivity index (χ0n) is 10.9. The van der Waals surface area contributed by atoms with Gasteiger partial charge in [-0.05, 0) is 39.1 Å². The highest BCUT2D eigenvalue weighted by atomic mass is 15.3. The third-order valence-electron chi connectivity index (χ3n) is 3.81. The Morgan fingerprint density at radius 2 is 2.11 bits per heavy atom. The first-order valence-corrected chi connectivity index (χ1v) is 6.46. The molecule has 2 aromatic rings. The molecule has 0 saturated carbocycles. The van der Waals surface area contributed by atoms with Gasteiger partial charge in [0.25, 0.3) is 0 Å². The molecule has 0 unspecified atom stereocenters. The van der Waals surface area contributed by atoms with Gasteiger partial charge in [0.2, 0.25) is 0 Å². The number of aromatic nitrogens is 3. The van der Waals surface area contributed by atoms with Gasteiger partial charge in [0.05, 0.1) is 5.39 Å². The molecule has 3 rings (SSSR count). The summed E-state index contributed by atoms with van der Waals surface area (Å²) in [6, 6.07) is 4.75. The summed E-state index contributed by atoms with van der Waals surface area (Å²) in [6.07, 6.45) is 4.19. The highest BCUT2D eigenvalue weighted by molar-refractivity contribution is 5.87. The van der Waals surface area contributed by atoms with Gasteiger partial charge in [-0.3, -0.25) is 5.10 Å². The van der Waals surface area contributed by atoms with E-state index < -0.39 is 0 Å². The van der Waals surface area contributed by atoms with Crippen LogP contribution < -0.4 is 4.90 Å². The monoisotopic (exact) mass is 245 g/mol. The van der Waals surface area contributed by atoms with Crippen LogP contribution in [0.4, 0.5) is 5.82 Å². The average molecular weight is 245 g/mol. The van der Waals surface area contributed by atoms with Crippen LogP contribution in [0, 0.1) is 0 Å². The third kappa shape index (κ3) is 1.95. The molecule has 0 amide bonds. The van der Waals surface area contributed by atoms with E-state index in [4.69, 9.17) is 0 Å². The topological polar surface area (TPSA) is 48.0 Å². The first-order valence-electron chi connectivity index (χ1n) is 6.46. The number of aromatic amines is 1. The zero-order valence-corrected chi connectivity index (χ0v) is 10.9. The Balaban J connectivity index is 1.80. The van der Waals surface area contributed by atoms with Gasteiger partial charge in [0.15, 0.2) is 11.5 Å². The third-order valence-corrected chi connectivity index (χ3v) is 3.81. The minimum atomic E-state index is 0.699. The van der Waals surface area contributed by atoms with Gasteiger partial charge in [0.1, 0.15) is 0 Å². The number of nitrogens with zero attached hydrogens (tertiary/aromatic N) is 4. The molecule has 0 atom stereocenters. The van der Waals surface area contributed by atoms with E-state index >= 15 is 0 Å². The maximum Gasteiger partial charge on any atom is 0.160 e. The normalized spacial score (nSPS) is 17.8. The number of anilines is 1. The molecule has 1 saturated heterocycles. The molecule has 1 N–H and O–H groups in total. The summed E-state index contributed by atoms with van der Waals surface area (Å²) in [6.45, 7) is 2.13. The molecule has 0 spiro atoms. The van der Waals surface area contributed by atoms with Crippen molar-refractivity contribution < 1.29 is 0 Å². The average Bonchev–Trinajstić information content (AvgIpc) is 2.82. The minimum Gasteiger partial charge on any atom is -0.354 e. The lowest BCUT2D eigenvalue weighted by molar-refractivity contribution is 0.249. The molecule has 0 bridgehead atoms. The summed E-state index contributed by atoms with van der Waals surface area (Å²) in [5.74, 6) is 1.05. The van der Waals surface area contributed by atoms with Crippen molar-refractivity contribution in [3.63, 3.8) is 0 Å². The Hall–Kier alpha value is -1.62. The summed E-state index contributed by atoms with van der Waals surface area (Å²) < 4.78 is 0. The van der Waals surface area contributed by atoms with E-state index in [-0.39, 0.29) is 0 Å². The Kier molecular flexibility index (Phi) is 2.91. The summed E-state index contributed by atoms with van der Waals surface area (Å²) in [5.41, 5.74) is 0.877. The number of fused-ring (bicyclic) bond motifs is 1. The van der Waals surface area contributed by atoms with E-state index in [9.17, 15) is 0 Å². The molecule has 2 aromatic heterocycles. The predicted molar refractivity (Wildman–Crippen MR) is 72.8 cm³/mol. The maximum absolute atomic E-state index is 4.41. The van der Waals surface area contributed by atoms with Gasteiger partial charge in [0, 0.05) is 25.3 Å². The molecule has 1 fully saturated rings. The fourth-order valence-corrected chi connectivity index (χ4v) is 2.68. The number of rotatable bonds is 2. The molecule has 1 aliphatic rings. The Bertz CT molecular complexity index is 525. The van der Waals surface area contributed by atoms with Gasteiger partial charge in [-0.1, -0.05) is 0 Å². The lowest BCUT2D eigenvalue weighted by Gasteiger charge is -2.35. The molecule has 1 aliphatic heterocycles. The number of hydrogen-bond acceptors (Lipinski definition) is 4. The number of pyridine rings is 1. The lowest BCUT2D eigenvalue weighted by atomic mass is 10.0. The molecule has 5 nitrogen and oxygen atoms in total. The molecular formula is C13H19N5. The smallest absolute Gasteiger partial charge is 0.160 e. The summed E-state index contributed by atoms with van der Waals surface area (Å²) in [5, 5.41) is 8.55. The highest BCUT2D eigenvalue weighted by Crippen LogP contribution is 2.25. The Morgan fingerprint density at radius 1 is 1.33 bits per heavy atom. The number of hydrogen-bond donors (Lipinski definition) is 1. The van der Waals surface area contributed by atoms with E-state index in [1.54, 1.807) is 6.20 Å². The highest BCUT2D eigenvalue weighted by Gasteiger charge is 2.23. The van der Waals surface area contributed by atoms with Crippen molar-refractivity contribution in [2.75, 3.05) is 32.1 Å². The molecule has 0 aromatic carbocycles. The van der Waals surface area contributed by atoms with Crippen LogP contribution in [-0.4, -0.2) is 53.3 Å². The van der Waals surface area contributed by atoms with Crippen molar-refractivity contribution in [1.82, 2.24) is 20.1 Å². The second kappa shape index (κ2) is 4.57. The zero-order chi connectivity index (χ0) is 12.5. The molecule has 0 aliphatic carbocycles. The largest absolute Gasteiger partial charge is 0.354 e. The fourth-order valence-electron chi connectivity index (χ4n) is 2.68. The van der Waals surface area contributed by atoms with Gasteiger partial charge in [-0.15, -0.1) is 0 Å². The Morgan fingerprint density at radius 3 is 2.83 bits per heavy atom. The summed E-state index contributed by atoms with van der Waals surface area (Å²) in [4.78, 5) is 8.97.